The van der Waals surface area contributed by atoms with Crippen LogP contribution in [0.25, 0.3) is 10.9 Å². The molecule has 0 saturated heterocycles. The fourth-order valence-corrected chi connectivity index (χ4v) is 4.85. The smallest absolute Gasteiger partial charge is 0.275 e. The predicted molar refractivity (Wildman–Crippen MR) is 114 cm³/mol. The van der Waals surface area contributed by atoms with Crippen LogP contribution in [0.15, 0.2) is 54.6 Å². The van der Waals surface area contributed by atoms with E-state index in [-0.39, 0.29) is 23.7 Å². The molecule has 2 amide bonds. The third-order valence-corrected chi connectivity index (χ3v) is 6.46. The zero-order valence-corrected chi connectivity index (χ0v) is 16.9. The summed E-state index contributed by atoms with van der Waals surface area (Å²) < 4.78 is 15.5. The Morgan fingerprint density at radius 1 is 1.10 bits per heavy atom. The minimum atomic E-state index is -1.13. The van der Waals surface area contributed by atoms with E-state index in [0.29, 0.717) is 17.9 Å². The fourth-order valence-electron chi connectivity index (χ4n) is 4.85. The maximum Gasteiger partial charge on any atom is 0.275 e. The minimum absolute atomic E-state index is 0.141. The van der Waals surface area contributed by atoms with E-state index in [1.54, 1.807) is 19.1 Å². The van der Waals surface area contributed by atoms with Crippen molar-refractivity contribution in [1.82, 2.24) is 9.88 Å². The Kier molecular flexibility index (Phi) is 4.38. The van der Waals surface area contributed by atoms with Gasteiger partial charge in [0.1, 0.15) is 17.1 Å². The lowest BCUT2D eigenvalue weighted by Gasteiger charge is -2.44. The summed E-state index contributed by atoms with van der Waals surface area (Å²) >= 11 is 0. The second kappa shape index (κ2) is 6.97. The molecule has 1 aliphatic carbocycles. The number of carbonyl (C=O) groups excluding carboxylic acids is 2. The molecule has 1 atom stereocenters. The Balaban J connectivity index is 1.63. The Hall–Kier alpha value is -3.15. The SMILES string of the molecule is C[C@]1(C(=O)NC2CCCC2)Cn2c(cc3ccccc32)C(=O)N1c1ccc(F)cc1. The molecule has 1 aliphatic heterocycles. The number of nitrogens with zero attached hydrogens (tertiary/aromatic N) is 2. The van der Waals surface area contributed by atoms with Gasteiger partial charge in [0.25, 0.3) is 5.91 Å². The van der Waals surface area contributed by atoms with Crippen molar-refractivity contribution in [3.63, 3.8) is 0 Å². The van der Waals surface area contributed by atoms with Crippen molar-refractivity contribution in [2.75, 3.05) is 4.90 Å². The van der Waals surface area contributed by atoms with E-state index in [1.165, 1.54) is 17.0 Å². The molecule has 6 heteroatoms. The number of hydrogen-bond acceptors (Lipinski definition) is 2. The van der Waals surface area contributed by atoms with Crippen LogP contribution in [0.1, 0.15) is 43.1 Å². The summed E-state index contributed by atoms with van der Waals surface area (Å²) in [7, 11) is 0. The topological polar surface area (TPSA) is 54.3 Å². The number of rotatable bonds is 3. The minimum Gasteiger partial charge on any atom is -0.351 e. The van der Waals surface area contributed by atoms with Crippen LogP contribution >= 0.6 is 0 Å². The van der Waals surface area contributed by atoms with Crippen molar-refractivity contribution in [3.8, 4) is 0 Å². The summed E-state index contributed by atoms with van der Waals surface area (Å²) in [6, 6.07) is 15.6. The van der Waals surface area contributed by atoms with Crippen molar-refractivity contribution in [2.24, 2.45) is 0 Å². The van der Waals surface area contributed by atoms with Crippen LogP contribution in [0, 0.1) is 5.82 Å². The van der Waals surface area contributed by atoms with Gasteiger partial charge in [-0.3, -0.25) is 14.5 Å². The molecule has 2 aromatic carbocycles. The number of para-hydroxylation sites is 1. The second-order valence-electron chi connectivity index (χ2n) is 8.52. The molecule has 154 valence electrons. The standard InChI is InChI=1S/C24H24FN3O2/c1-24(23(30)26-18-7-3-4-8-18)15-27-20-9-5-2-6-16(20)14-21(27)22(29)28(24)19-12-10-17(25)11-13-19/h2,5-6,9-14,18H,3-4,7-8,15H2,1H3,(H,26,30)/t24-/m1/s1. The molecule has 0 radical (unpaired) electrons. The highest BCUT2D eigenvalue weighted by atomic mass is 19.1. The zero-order chi connectivity index (χ0) is 20.9. The Morgan fingerprint density at radius 2 is 1.80 bits per heavy atom. The van der Waals surface area contributed by atoms with E-state index in [2.05, 4.69) is 5.32 Å². The number of benzene rings is 2. The average molecular weight is 405 g/mol. The highest BCUT2D eigenvalue weighted by Gasteiger charge is 2.49. The molecule has 1 N–H and O–H groups in total. The number of fused-ring (bicyclic) bond motifs is 3. The Bertz CT molecular complexity index is 1130. The van der Waals surface area contributed by atoms with E-state index in [1.807, 2.05) is 34.9 Å². The van der Waals surface area contributed by atoms with Crippen molar-refractivity contribution < 1.29 is 14.0 Å². The van der Waals surface area contributed by atoms with Gasteiger partial charge in [-0.15, -0.1) is 0 Å². The number of nitrogens with one attached hydrogen (secondary N) is 1. The van der Waals surface area contributed by atoms with Crippen molar-refractivity contribution >= 4 is 28.4 Å². The van der Waals surface area contributed by atoms with Crippen LogP contribution in [-0.4, -0.2) is 28.0 Å². The first kappa shape index (κ1) is 18.9. The van der Waals surface area contributed by atoms with Crippen molar-refractivity contribution in [1.29, 1.82) is 0 Å². The maximum absolute atomic E-state index is 13.7. The molecule has 2 aliphatic rings. The molecule has 5 nitrogen and oxygen atoms in total. The number of halogens is 1. The summed E-state index contributed by atoms with van der Waals surface area (Å²) in [5, 5.41) is 4.13. The van der Waals surface area contributed by atoms with Crippen LogP contribution in [-0.2, 0) is 11.3 Å². The third kappa shape index (κ3) is 2.90. The molecule has 1 saturated carbocycles. The highest BCUT2D eigenvalue weighted by molar-refractivity contribution is 6.14. The summed E-state index contributed by atoms with van der Waals surface area (Å²) in [5.74, 6) is -0.807. The summed E-state index contributed by atoms with van der Waals surface area (Å²) in [5.41, 5.74) is 0.847. The molecule has 2 heterocycles. The normalized spacial score (nSPS) is 21.8. The van der Waals surface area contributed by atoms with Crippen LogP contribution in [0.3, 0.4) is 0 Å². The fraction of sp³-hybridized carbons (Fsp3) is 0.333. The van der Waals surface area contributed by atoms with Crippen LogP contribution in [0.4, 0.5) is 10.1 Å². The number of anilines is 1. The van der Waals surface area contributed by atoms with Gasteiger partial charge in [0.05, 0.1) is 6.54 Å². The first-order valence-corrected chi connectivity index (χ1v) is 10.5. The van der Waals surface area contributed by atoms with Gasteiger partial charge in [-0.05, 0) is 56.2 Å². The van der Waals surface area contributed by atoms with Gasteiger partial charge in [-0.1, -0.05) is 31.0 Å². The lowest BCUT2D eigenvalue weighted by Crippen LogP contribution is -2.65. The molecule has 1 fully saturated rings. The van der Waals surface area contributed by atoms with E-state index < -0.39 is 5.54 Å². The van der Waals surface area contributed by atoms with Gasteiger partial charge in [0, 0.05) is 22.6 Å². The van der Waals surface area contributed by atoms with E-state index in [4.69, 9.17) is 0 Å². The molecule has 30 heavy (non-hydrogen) atoms. The lowest BCUT2D eigenvalue weighted by molar-refractivity contribution is -0.127. The largest absolute Gasteiger partial charge is 0.351 e. The number of hydrogen-bond donors (Lipinski definition) is 1. The number of amides is 2. The summed E-state index contributed by atoms with van der Waals surface area (Å²) in [6.45, 7) is 2.13. The second-order valence-corrected chi connectivity index (χ2v) is 8.52. The predicted octanol–water partition coefficient (Wildman–Crippen LogP) is 4.26. The van der Waals surface area contributed by atoms with Gasteiger partial charge < -0.3 is 9.88 Å². The van der Waals surface area contributed by atoms with E-state index >= 15 is 0 Å². The zero-order valence-electron chi connectivity index (χ0n) is 16.9. The molecule has 0 spiro atoms. The van der Waals surface area contributed by atoms with Crippen molar-refractivity contribution in [3.05, 3.63) is 66.1 Å². The number of carbonyl (C=O) groups is 2. The van der Waals surface area contributed by atoms with Gasteiger partial charge in [0.15, 0.2) is 0 Å². The molecule has 0 bridgehead atoms. The van der Waals surface area contributed by atoms with E-state index in [9.17, 15) is 14.0 Å². The Labute approximate surface area is 174 Å². The van der Waals surface area contributed by atoms with Crippen molar-refractivity contribution in [2.45, 2.75) is 50.7 Å². The van der Waals surface area contributed by atoms with Crippen LogP contribution in [0.5, 0.6) is 0 Å². The molecular weight excluding hydrogens is 381 g/mol. The quantitative estimate of drug-likeness (QED) is 0.708. The first-order chi connectivity index (χ1) is 14.5. The van der Waals surface area contributed by atoms with Crippen LogP contribution < -0.4 is 10.2 Å². The van der Waals surface area contributed by atoms with E-state index in [0.717, 1.165) is 36.6 Å². The summed E-state index contributed by atoms with van der Waals surface area (Å²) in [4.78, 5) is 28.7. The molecular formula is C24H24FN3O2. The highest BCUT2D eigenvalue weighted by Crippen LogP contribution is 2.36. The molecule has 3 aromatic rings. The number of aromatic nitrogens is 1. The summed E-state index contributed by atoms with van der Waals surface area (Å²) in [6.07, 6.45) is 4.14. The Morgan fingerprint density at radius 3 is 2.53 bits per heavy atom. The van der Waals surface area contributed by atoms with Gasteiger partial charge in [0.2, 0.25) is 5.91 Å². The molecule has 0 unspecified atom stereocenters. The monoisotopic (exact) mass is 405 g/mol. The molecule has 5 rings (SSSR count). The van der Waals surface area contributed by atoms with Gasteiger partial charge >= 0.3 is 0 Å². The third-order valence-electron chi connectivity index (χ3n) is 6.46. The maximum atomic E-state index is 13.7. The van der Waals surface area contributed by atoms with Crippen LogP contribution in [0.2, 0.25) is 0 Å². The van der Waals surface area contributed by atoms with Gasteiger partial charge in [-0.2, -0.15) is 0 Å². The first-order valence-electron chi connectivity index (χ1n) is 10.5. The molecule has 1 aromatic heterocycles. The van der Waals surface area contributed by atoms with Gasteiger partial charge in [-0.25, -0.2) is 4.39 Å². The lowest BCUT2D eigenvalue weighted by atomic mass is 9.93. The average Bonchev–Trinajstić information content (AvgIpc) is 3.37.